The molecule has 0 spiro atoms. The van der Waals surface area contributed by atoms with E-state index in [0.29, 0.717) is 0 Å². The molecule has 106 valence electrons. The predicted octanol–water partition coefficient (Wildman–Crippen LogP) is 5.92. The SMILES string of the molecule is Cc1cc(F)cc(C(Cl)c2ccc(C)c3ccccc23)c1. The summed E-state index contributed by atoms with van der Waals surface area (Å²) >= 11 is 6.64. The van der Waals surface area contributed by atoms with Gasteiger partial charge >= 0.3 is 0 Å². The van der Waals surface area contributed by atoms with Gasteiger partial charge in [0, 0.05) is 0 Å². The fourth-order valence-corrected chi connectivity index (χ4v) is 3.10. The lowest BCUT2D eigenvalue weighted by atomic mass is 9.95. The van der Waals surface area contributed by atoms with Gasteiger partial charge in [-0.2, -0.15) is 0 Å². The van der Waals surface area contributed by atoms with Gasteiger partial charge in [0.25, 0.3) is 0 Å². The molecule has 0 amide bonds. The number of benzene rings is 3. The molecule has 21 heavy (non-hydrogen) atoms. The van der Waals surface area contributed by atoms with Gasteiger partial charge in [0.15, 0.2) is 0 Å². The molecule has 3 rings (SSSR count). The van der Waals surface area contributed by atoms with E-state index in [1.54, 1.807) is 0 Å². The highest BCUT2D eigenvalue weighted by Crippen LogP contribution is 2.35. The molecule has 3 aromatic carbocycles. The van der Waals surface area contributed by atoms with Crippen LogP contribution in [0.4, 0.5) is 4.39 Å². The van der Waals surface area contributed by atoms with Crippen molar-refractivity contribution in [2.75, 3.05) is 0 Å². The Balaban J connectivity index is 2.18. The minimum absolute atomic E-state index is 0.243. The van der Waals surface area contributed by atoms with Gasteiger partial charge in [0.05, 0.1) is 5.38 Å². The van der Waals surface area contributed by atoms with E-state index in [2.05, 4.69) is 25.1 Å². The van der Waals surface area contributed by atoms with Crippen LogP contribution in [0.1, 0.15) is 27.6 Å². The molecule has 3 aromatic rings. The van der Waals surface area contributed by atoms with E-state index in [1.807, 2.05) is 31.2 Å². The van der Waals surface area contributed by atoms with Crippen LogP contribution in [0.5, 0.6) is 0 Å². The third-order valence-corrected chi connectivity index (χ3v) is 4.29. The first-order chi connectivity index (χ1) is 10.1. The van der Waals surface area contributed by atoms with Gasteiger partial charge in [-0.3, -0.25) is 0 Å². The fourth-order valence-electron chi connectivity index (χ4n) is 2.78. The van der Waals surface area contributed by atoms with Crippen LogP contribution in [0.2, 0.25) is 0 Å². The average molecular weight is 299 g/mol. The minimum Gasteiger partial charge on any atom is -0.207 e. The molecule has 0 saturated heterocycles. The molecule has 1 unspecified atom stereocenters. The van der Waals surface area contributed by atoms with Crippen LogP contribution in [0.3, 0.4) is 0 Å². The standard InChI is InChI=1S/C19H16ClF/c1-12-9-14(11-15(21)10-12)19(20)18-8-7-13(2)16-5-3-4-6-17(16)18/h3-11,19H,1-2H3. The van der Waals surface area contributed by atoms with Crippen molar-refractivity contribution in [2.45, 2.75) is 19.2 Å². The normalized spacial score (nSPS) is 12.6. The van der Waals surface area contributed by atoms with E-state index in [1.165, 1.54) is 23.1 Å². The van der Waals surface area contributed by atoms with Gasteiger partial charge in [-0.05, 0) is 59.0 Å². The number of hydrogen-bond acceptors (Lipinski definition) is 0. The Kier molecular flexibility index (Phi) is 3.69. The highest BCUT2D eigenvalue weighted by molar-refractivity contribution is 6.23. The lowest BCUT2D eigenvalue weighted by molar-refractivity contribution is 0.624. The number of hydrogen-bond donors (Lipinski definition) is 0. The Morgan fingerprint density at radius 1 is 0.905 bits per heavy atom. The van der Waals surface area contributed by atoms with Crippen LogP contribution in [-0.4, -0.2) is 0 Å². The van der Waals surface area contributed by atoms with Crippen molar-refractivity contribution in [1.82, 2.24) is 0 Å². The lowest BCUT2D eigenvalue weighted by Crippen LogP contribution is -1.97. The van der Waals surface area contributed by atoms with Gasteiger partial charge in [0.2, 0.25) is 0 Å². The van der Waals surface area contributed by atoms with Crippen LogP contribution in [0.15, 0.2) is 54.6 Å². The van der Waals surface area contributed by atoms with Crippen LogP contribution < -0.4 is 0 Å². The van der Waals surface area contributed by atoms with Gasteiger partial charge in [-0.15, -0.1) is 11.6 Å². The van der Waals surface area contributed by atoms with Crippen molar-refractivity contribution in [3.63, 3.8) is 0 Å². The summed E-state index contributed by atoms with van der Waals surface area (Å²) in [5, 5.41) is 1.96. The van der Waals surface area contributed by atoms with E-state index in [4.69, 9.17) is 11.6 Å². The molecule has 0 fully saturated rings. The summed E-state index contributed by atoms with van der Waals surface area (Å²) < 4.78 is 13.6. The molecule has 0 heterocycles. The number of aryl methyl sites for hydroxylation is 2. The van der Waals surface area contributed by atoms with Crippen molar-refractivity contribution >= 4 is 22.4 Å². The highest BCUT2D eigenvalue weighted by atomic mass is 35.5. The summed E-state index contributed by atoms with van der Waals surface area (Å²) in [7, 11) is 0. The maximum atomic E-state index is 13.6. The summed E-state index contributed by atoms with van der Waals surface area (Å²) in [6.45, 7) is 3.96. The van der Waals surface area contributed by atoms with E-state index in [0.717, 1.165) is 22.1 Å². The van der Waals surface area contributed by atoms with E-state index < -0.39 is 0 Å². The molecular weight excluding hydrogens is 283 g/mol. The first kappa shape index (κ1) is 14.1. The highest BCUT2D eigenvalue weighted by Gasteiger charge is 2.15. The molecule has 0 saturated carbocycles. The Morgan fingerprint density at radius 2 is 1.62 bits per heavy atom. The summed E-state index contributed by atoms with van der Waals surface area (Å²) in [5.41, 5.74) is 3.91. The quantitative estimate of drug-likeness (QED) is 0.515. The Morgan fingerprint density at radius 3 is 2.33 bits per heavy atom. The van der Waals surface area contributed by atoms with Crippen LogP contribution in [-0.2, 0) is 0 Å². The second-order valence-electron chi connectivity index (χ2n) is 5.44. The van der Waals surface area contributed by atoms with E-state index in [9.17, 15) is 4.39 Å². The van der Waals surface area contributed by atoms with Crippen molar-refractivity contribution in [2.24, 2.45) is 0 Å². The number of alkyl halides is 1. The molecule has 0 nitrogen and oxygen atoms in total. The predicted molar refractivity (Wildman–Crippen MR) is 87.5 cm³/mol. The monoisotopic (exact) mass is 298 g/mol. The fraction of sp³-hybridized carbons (Fsp3) is 0.158. The Hall–Kier alpha value is -1.86. The number of halogens is 2. The molecule has 0 aliphatic heterocycles. The summed E-state index contributed by atoms with van der Waals surface area (Å²) in [5.74, 6) is -0.243. The molecular formula is C19H16ClF. The first-order valence-electron chi connectivity index (χ1n) is 6.95. The molecule has 0 bridgehead atoms. The van der Waals surface area contributed by atoms with Crippen molar-refractivity contribution in [1.29, 1.82) is 0 Å². The Bertz CT molecular complexity index is 788. The Labute approximate surface area is 129 Å². The van der Waals surface area contributed by atoms with Gasteiger partial charge in [-0.1, -0.05) is 42.5 Å². The minimum atomic E-state index is -0.357. The molecule has 0 aliphatic rings. The summed E-state index contributed by atoms with van der Waals surface area (Å²) in [6.07, 6.45) is 0. The lowest BCUT2D eigenvalue weighted by Gasteiger charge is -2.15. The first-order valence-corrected chi connectivity index (χ1v) is 7.39. The number of rotatable bonds is 2. The molecule has 0 N–H and O–H groups in total. The van der Waals surface area contributed by atoms with Gasteiger partial charge < -0.3 is 0 Å². The second kappa shape index (κ2) is 5.50. The van der Waals surface area contributed by atoms with Gasteiger partial charge in [-0.25, -0.2) is 4.39 Å². The third-order valence-electron chi connectivity index (χ3n) is 3.81. The van der Waals surface area contributed by atoms with Crippen LogP contribution >= 0.6 is 11.6 Å². The molecule has 2 heteroatoms. The molecule has 0 aliphatic carbocycles. The third kappa shape index (κ3) is 2.66. The maximum absolute atomic E-state index is 13.6. The van der Waals surface area contributed by atoms with Crippen molar-refractivity contribution in [3.8, 4) is 0 Å². The zero-order valence-corrected chi connectivity index (χ0v) is 12.8. The largest absolute Gasteiger partial charge is 0.207 e. The maximum Gasteiger partial charge on any atom is 0.123 e. The average Bonchev–Trinajstić information content (AvgIpc) is 2.46. The van der Waals surface area contributed by atoms with Gasteiger partial charge in [0.1, 0.15) is 5.82 Å². The van der Waals surface area contributed by atoms with E-state index in [-0.39, 0.29) is 11.2 Å². The van der Waals surface area contributed by atoms with Crippen LogP contribution in [0, 0.1) is 19.7 Å². The van der Waals surface area contributed by atoms with Crippen LogP contribution in [0.25, 0.3) is 10.8 Å². The number of fused-ring (bicyclic) bond motifs is 1. The van der Waals surface area contributed by atoms with Crippen molar-refractivity contribution < 1.29 is 4.39 Å². The molecule has 0 aromatic heterocycles. The zero-order chi connectivity index (χ0) is 15.0. The topological polar surface area (TPSA) is 0 Å². The van der Waals surface area contributed by atoms with Crippen molar-refractivity contribution in [3.05, 3.63) is 82.7 Å². The smallest absolute Gasteiger partial charge is 0.123 e. The second-order valence-corrected chi connectivity index (χ2v) is 5.88. The molecule has 0 radical (unpaired) electrons. The molecule has 1 atom stereocenters. The summed E-state index contributed by atoms with van der Waals surface area (Å²) in [4.78, 5) is 0. The summed E-state index contributed by atoms with van der Waals surface area (Å²) in [6, 6.07) is 17.3. The zero-order valence-electron chi connectivity index (χ0n) is 12.0. The van der Waals surface area contributed by atoms with E-state index >= 15 is 0 Å².